The van der Waals surface area contributed by atoms with Gasteiger partial charge in [-0.2, -0.15) is 4.98 Å². The van der Waals surface area contributed by atoms with Crippen molar-refractivity contribution in [3.05, 3.63) is 54.2 Å². The molecule has 0 bridgehead atoms. The van der Waals surface area contributed by atoms with Crippen molar-refractivity contribution in [1.82, 2.24) is 14.7 Å². The lowest BCUT2D eigenvalue weighted by molar-refractivity contribution is 0.130. The lowest BCUT2D eigenvalue weighted by atomic mass is 9.92. The molecule has 0 unspecified atom stereocenters. The van der Waals surface area contributed by atoms with Crippen LogP contribution in [0.3, 0.4) is 0 Å². The van der Waals surface area contributed by atoms with Gasteiger partial charge in [0.05, 0.1) is 23.0 Å². The lowest BCUT2D eigenvalue weighted by Crippen LogP contribution is -2.18. The van der Waals surface area contributed by atoms with Gasteiger partial charge in [-0.15, -0.1) is 0 Å². The van der Waals surface area contributed by atoms with Gasteiger partial charge < -0.3 is 24.3 Å². The van der Waals surface area contributed by atoms with Gasteiger partial charge in [0.2, 0.25) is 0 Å². The zero-order valence-electron chi connectivity index (χ0n) is 20.1. The summed E-state index contributed by atoms with van der Waals surface area (Å²) in [6.07, 6.45) is 2.74. The molecular weight excluding hydrogens is 446 g/mol. The van der Waals surface area contributed by atoms with Crippen molar-refractivity contribution in [2.24, 2.45) is 0 Å². The molecule has 2 aromatic carbocycles. The van der Waals surface area contributed by atoms with Crippen LogP contribution in [0.4, 0.5) is 16.2 Å². The van der Waals surface area contributed by atoms with Gasteiger partial charge in [0.25, 0.3) is 5.89 Å². The molecule has 3 N–H and O–H groups in total. The Morgan fingerprint density at radius 3 is 2.63 bits per heavy atom. The Bertz CT molecular complexity index is 1350. The van der Waals surface area contributed by atoms with E-state index in [0.717, 1.165) is 40.7 Å². The Morgan fingerprint density at radius 2 is 2.00 bits per heavy atom. The topological polar surface area (TPSA) is 117 Å². The Kier molecular flexibility index (Phi) is 6.07. The van der Waals surface area contributed by atoms with Gasteiger partial charge >= 0.3 is 6.09 Å². The van der Waals surface area contributed by atoms with E-state index in [0.29, 0.717) is 29.2 Å². The number of nitrogens with zero attached hydrogens (tertiary/aromatic N) is 3. The number of nitrogens with one attached hydrogen (secondary N) is 1. The van der Waals surface area contributed by atoms with Gasteiger partial charge in [0, 0.05) is 28.7 Å². The fourth-order valence-corrected chi connectivity index (χ4v) is 4.34. The minimum Gasteiger partial charge on any atom is -0.484 e. The van der Waals surface area contributed by atoms with Crippen molar-refractivity contribution < 1.29 is 18.8 Å². The Labute approximate surface area is 203 Å². The maximum Gasteiger partial charge on any atom is 0.411 e. The number of amides is 1. The minimum atomic E-state index is -0.473. The standard InChI is InChI=1S/C26H29N5O4/c1-15(2)34-26(32)29-18-9-7-17(8-10-18)25-24(27)21-12-11-20(33-14-23-28-16(3)30-35-23)13-22(21)31(25)19-5-4-6-19/h7-13,15,19H,4-6,14,27H2,1-3H3,(H,29,32). The molecule has 2 aromatic heterocycles. The summed E-state index contributed by atoms with van der Waals surface area (Å²) in [6, 6.07) is 14.0. The molecule has 0 radical (unpaired) electrons. The van der Waals surface area contributed by atoms with Gasteiger partial charge in [0.1, 0.15) is 5.75 Å². The Balaban J connectivity index is 1.46. The Morgan fingerprint density at radius 1 is 1.23 bits per heavy atom. The SMILES string of the molecule is Cc1noc(COc2ccc3c(N)c(-c4ccc(NC(=O)OC(C)C)cc4)n(C4CCC4)c3c2)n1. The van der Waals surface area contributed by atoms with E-state index in [9.17, 15) is 4.79 Å². The number of anilines is 2. The van der Waals surface area contributed by atoms with Crippen molar-refractivity contribution >= 4 is 28.4 Å². The molecule has 2 heterocycles. The number of carbonyl (C=O) groups is 1. The van der Waals surface area contributed by atoms with Crippen LogP contribution < -0.4 is 15.8 Å². The summed E-state index contributed by atoms with van der Waals surface area (Å²) in [6.45, 7) is 5.60. The zero-order chi connectivity index (χ0) is 24.5. The first kappa shape index (κ1) is 22.8. The first-order valence-corrected chi connectivity index (χ1v) is 11.8. The smallest absolute Gasteiger partial charge is 0.411 e. The van der Waals surface area contributed by atoms with E-state index in [4.69, 9.17) is 19.7 Å². The molecule has 182 valence electrons. The fourth-order valence-electron chi connectivity index (χ4n) is 4.34. The summed E-state index contributed by atoms with van der Waals surface area (Å²) in [5, 5.41) is 7.54. The molecular formula is C26H29N5O4. The zero-order valence-corrected chi connectivity index (χ0v) is 20.1. The monoisotopic (exact) mass is 475 g/mol. The van der Waals surface area contributed by atoms with E-state index in [-0.39, 0.29) is 12.7 Å². The van der Waals surface area contributed by atoms with Crippen molar-refractivity contribution in [2.75, 3.05) is 11.1 Å². The first-order valence-electron chi connectivity index (χ1n) is 11.8. The van der Waals surface area contributed by atoms with E-state index in [1.165, 1.54) is 6.42 Å². The number of aryl methyl sites for hydroxylation is 1. The summed E-state index contributed by atoms with van der Waals surface area (Å²) < 4.78 is 18.6. The molecule has 5 rings (SSSR count). The maximum absolute atomic E-state index is 11.9. The van der Waals surface area contributed by atoms with Crippen LogP contribution in [0.2, 0.25) is 0 Å². The Hall–Kier alpha value is -4.01. The number of benzene rings is 2. The number of hydrogen-bond acceptors (Lipinski definition) is 7. The predicted molar refractivity (Wildman–Crippen MR) is 133 cm³/mol. The second-order valence-electron chi connectivity index (χ2n) is 9.08. The minimum absolute atomic E-state index is 0.183. The second-order valence-corrected chi connectivity index (χ2v) is 9.08. The number of fused-ring (bicyclic) bond motifs is 1. The number of nitrogen functional groups attached to an aromatic ring is 1. The van der Waals surface area contributed by atoms with E-state index < -0.39 is 6.09 Å². The molecule has 1 amide bonds. The molecule has 35 heavy (non-hydrogen) atoms. The molecule has 0 spiro atoms. The molecule has 1 saturated carbocycles. The second kappa shape index (κ2) is 9.32. The summed E-state index contributed by atoms with van der Waals surface area (Å²) in [5.41, 5.74) is 11.1. The van der Waals surface area contributed by atoms with Crippen LogP contribution >= 0.6 is 0 Å². The van der Waals surface area contributed by atoms with Gasteiger partial charge in [0.15, 0.2) is 12.4 Å². The number of carbonyl (C=O) groups excluding carboxylic acids is 1. The molecule has 4 aromatic rings. The number of rotatable bonds is 7. The van der Waals surface area contributed by atoms with Crippen LogP contribution in [-0.4, -0.2) is 26.9 Å². The molecule has 1 aliphatic rings. The summed E-state index contributed by atoms with van der Waals surface area (Å²) >= 11 is 0. The van der Waals surface area contributed by atoms with E-state index in [2.05, 4.69) is 20.0 Å². The van der Waals surface area contributed by atoms with E-state index in [1.807, 2.05) is 56.3 Å². The van der Waals surface area contributed by atoms with Crippen LogP contribution in [0, 0.1) is 6.92 Å². The van der Waals surface area contributed by atoms with Crippen molar-refractivity contribution in [3.8, 4) is 17.0 Å². The average molecular weight is 476 g/mol. The van der Waals surface area contributed by atoms with Crippen LogP contribution in [0.15, 0.2) is 47.0 Å². The van der Waals surface area contributed by atoms with Gasteiger partial charge in [-0.25, -0.2) is 4.79 Å². The van der Waals surface area contributed by atoms with E-state index >= 15 is 0 Å². The normalized spacial score (nSPS) is 13.7. The molecule has 9 nitrogen and oxygen atoms in total. The molecule has 9 heteroatoms. The van der Waals surface area contributed by atoms with Gasteiger partial charge in [-0.05, 0) is 64.3 Å². The third-order valence-corrected chi connectivity index (χ3v) is 6.13. The van der Waals surface area contributed by atoms with Gasteiger partial charge in [-0.3, -0.25) is 5.32 Å². The molecule has 1 fully saturated rings. The van der Waals surface area contributed by atoms with Crippen molar-refractivity contribution in [2.45, 2.75) is 58.8 Å². The molecule has 1 aliphatic carbocycles. The predicted octanol–water partition coefficient (Wildman–Crippen LogP) is 5.84. The quantitative estimate of drug-likeness (QED) is 0.345. The largest absolute Gasteiger partial charge is 0.484 e. The fraction of sp³-hybridized carbons (Fsp3) is 0.346. The molecule has 0 saturated heterocycles. The van der Waals surface area contributed by atoms with Crippen LogP contribution in [0.1, 0.15) is 50.9 Å². The number of aromatic nitrogens is 3. The number of ether oxygens (including phenoxy) is 2. The molecule has 0 aliphatic heterocycles. The summed E-state index contributed by atoms with van der Waals surface area (Å²) in [5.74, 6) is 1.72. The van der Waals surface area contributed by atoms with Crippen molar-refractivity contribution in [1.29, 1.82) is 0 Å². The van der Waals surface area contributed by atoms with Crippen LogP contribution in [-0.2, 0) is 11.3 Å². The van der Waals surface area contributed by atoms with E-state index in [1.54, 1.807) is 6.92 Å². The number of hydrogen-bond donors (Lipinski definition) is 2. The van der Waals surface area contributed by atoms with Gasteiger partial charge in [-0.1, -0.05) is 17.3 Å². The summed E-state index contributed by atoms with van der Waals surface area (Å²) in [7, 11) is 0. The highest BCUT2D eigenvalue weighted by Crippen LogP contribution is 2.45. The highest BCUT2D eigenvalue weighted by Gasteiger charge is 2.27. The molecule has 0 atom stereocenters. The van der Waals surface area contributed by atoms with Crippen molar-refractivity contribution in [3.63, 3.8) is 0 Å². The highest BCUT2D eigenvalue weighted by molar-refractivity contribution is 6.01. The summed E-state index contributed by atoms with van der Waals surface area (Å²) in [4.78, 5) is 16.1. The lowest BCUT2D eigenvalue weighted by Gasteiger charge is -2.30. The highest BCUT2D eigenvalue weighted by atomic mass is 16.6. The first-order chi connectivity index (χ1) is 16.9. The third-order valence-electron chi connectivity index (χ3n) is 6.13. The van der Waals surface area contributed by atoms with Crippen LogP contribution in [0.25, 0.3) is 22.2 Å². The maximum atomic E-state index is 11.9. The van der Waals surface area contributed by atoms with Crippen LogP contribution in [0.5, 0.6) is 5.75 Å². The third kappa shape index (κ3) is 4.66. The number of nitrogens with two attached hydrogens (primary N) is 1. The average Bonchev–Trinajstić information content (AvgIpc) is 3.32.